The van der Waals surface area contributed by atoms with Crippen molar-refractivity contribution in [2.24, 2.45) is 0 Å². The van der Waals surface area contributed by atoms with Crippen LogP contribution in [-0.4, -0.2) is 33.5 Å². The minimum absolute atomic E-state index is 0.104. The molecule has 0 aliphatic heterocycles. The number of amides is 2. The summed E-state index contributed by atoms with van der Waals surface area (Å²) < 4.78 is 0. The first-order valence-corrected chi connectivity index (χ1v) is 6.37. The Morgan fingerprint density at radius 2 is 2.18 bits per heavy atom. The summed E-state index contributed by atoms with van der Waals surface area (Å²) in [7, 11) is 0. The zero-order valence-electron chi connectivity index (χ0n) is 10.3. The number of hydrogen-bond donors (Lipinski definition) is 3. The van der Waals surface area contributed by atoms with Crippen LogP contribution >= 0.6 is 11.3 Å². The fourth-order valence-electron chi connectivity index (χ4n) is 1.09. The molecule has 0 saturated heterocycles. The van der Waals surface area contributed by atoms with Crippen molar-refractivity contribution in [3.63, 3.8) is 0 Å². The van der Waals surface area contributed by atoms with Gasteiger partial charge in [0.25, 0.3) is 0 Å². The van der Waals surface area contributed by atoms with E-state index in [9.17, 15) is 9.90 Å². The number of anilines is 1. The number of carbonyl (C=O) groups excluding carboxylic acids is 1. The van der Waals surface area contributed by atoms with Crippen LogP contribution in [0.5, 0.6) is 0 Å². The van der Waals surface area contributed by atoms with Gasteiger partial charge in [0.2, 0.25) is 5.13 Å². The molecule has 1 aromatic heterocycles. The second-order valence-corrected chi connectivity index (χ2v) is 5.07. The van der Waals surface area contributed by atoms with Crippen LogP contribution in [0.3, 0.4) is 0 Å². The zero-order chi connectivity index (χ0) is 12.9. The van der Waals surface area contributed by atoms with Crippen molar-refractivity contribution in [3.05, 3.63) is 5.01 Å². The Morgan fingerprint density at radius 3 is 2.65 bits per heavy atom. The molecule has 17 heavy (non-hydrogen) atoms. The molecule has 3 N–H and O–H groups in total. The Labute approximate surface area is 104 Å². The minimum atomic E-state index is -0.609. The van der Waals surface area contributed by atoms with Crippen LogP contribution in [0, 0.1) is 0 Å². The lowest BCUT2D eigenvalue weighted by Crippen LogP contribution is -2.50. The van der Waals surface area contributed by atoms with Crippen LogP contribution < -0.4 is 10.6 Å². The maximum absolute atomic E-state index is 11.6. The molecule has 0 spiro atoms. The first-order chi connectivity index (χ1) is 8.03. The van der Waals surface area contributed by atoms with Crippen molar-refractivity contribution in [1.82, 2.24) is 15.5 Å². The Morgan fingerprint density at radius 1 is 1.47 bits per heavy atom. The van der Waals surface area contributed by atoms with Gasteiger partial charge in [-0.3, -0.25) is 5.32 Å². The average molecular weight is 258 g/mol. The molecule has 2 amide bonds. The van der Waals surface area contributed by atoms with E-state index in [1.165, 1.54) is 11.3 Å². The van der Waals surface area contributed by atoms with Gasteiger partial charge in [0, 0.05) is 0 Å². The molecule has 0 aromatic carbocycles. The highest BCUT2D eigenvalue weighted by Gasteiger charge is 2.23. The highest BCUT2D eigenvalue weighted by molar-refractivity contribution is 7.15. The quantitative estimate of drug-likeness (QED) is 0.744. The molecule has 0 radical (unpaired) electrons. The molecule has 1 heterocycles. The Hall–Kier alpha value is -1.21. The zero-order valence-corrected chi connectivity index (χ0v) is 11.1. The number of aliphatic hydroxyl groups excluding tert-OH is 1. The van der Waals surface area contributed by atoms with E-state index in [1.807, 2.05) is 13.8 Å². The normalized spacial score (nSPS) is 14.1. The fourth-order valence-corrected chi connectivity index (χ4v) is 1.76. The topological polar surface area (TPSA) is 87.1 Å². The highest BCUT2D eigenvalue weighted by atomic mass is 32.1. The van der Waals surface area contributed by atoms with Gasteiger partial charge >= 0.3 is 6.03 Å². The lowest BCUT2D eigenvalue weighted by Gasteiger charge is -2.26. The number of aliphatic hydroxyl groups is 1. The molecule has 0 aliphatic rings. The monoisotopic (exact) mass is 258 g/mol. The van der Waals surface area contributed by atoms with Gasteiger partial charge in [-0.2, -0.15) is 0 Å². The molecule has 6 nitrogen and oxygen atoms in total. The van der Waals surface area contributed by atoms with E-state index in [4.69, 9.17) is 0 Å². The van der Waals surface area contributed by atoms with E-state index < -0.39 is 5.54 Å². The first kappa shape index (κ1) is 13.9. The molecule has 0 bridgehead atoms. The van der Waals surface area contributed by atoms with Gasteiger partial charge in [0.1, 0.15) is 5.01 Å². The van der Waals surface area contributed by atoms with Crippen molar-refractivity contribution in [2.75, 3.05) is 11.9 Å². The van der Waals surface area contributed by atoms with Crippen LogP contribution in [0.15, 0.2) is 0 Å². The Kier molecular flexibility index (Phi) is 4.83. The molecule has 0 aliphatic carbocycles. The maximum Gasteiger partial charge on any atom is 0.321 e. The number of nitrogens with one attached hydrogen (secondary N) is 2. The molecule has 1 atom stereocenters. The summed E-state index contributed by atoms with van der Waals surface area (Å²) in [6.45, 7) is 5.55. The second kappa shape index (κ2) is 5.92. The smallest absolute Gasteiger partial charge is 0.321 e. The fraction of sp³-hybridized carbons (Fsp3) is 0.700. The molecule has 0 fully saturated rings. The maximum atomic E-state index is 11.6. The summed E-state index contributed by atoms with van der Waals surface area (Å²) in [5.74, 6) is 0. The molecule has 7 heteroatoms. The van der Waals surface area contributed by atoms with Crippen molar-refractivity contribution in [2.45, 2.75) is 39.2 Å². The lowest BCUT2D eigenvalue weighted by molar-refractivity contribution is 0.172. The third-order valence-electron chi connectivity index (χ3n) is 2.53. The Bertz CT molecular complexity index is 376. The average Bonchev–Trinajstić information content (AvgIpc) is 2.76. The van der Waals surface area contributed by atoms with Crippen molar-refractivity contribution < 1.29 is 9.90 Å². The van der Waals surface area contributed by atoms with Gasteiger partial charge in [-0.15, -0.1) is 10.2 Å². The van der Waals surface area contributed by atoms with Crippen molar-refractivity contribution >= 4 is 22.5 Å². The number of hydrogen-bond acceptors (Lipinski definition) is 5. The summed E-state index contributed by atoms with van der Waals surface area (Å²) in [5.41, 5.74) is -0.609. The third-order valence-corrected chi connectivity index (χ3v) is 3.52. The van der Waals surface area contributed by atoms with Gasteiger partial charge in [-0.1, -0.05) is 25.2 Å². The molecule has 96 valence electrons. The highest BCUT2D eigenvalue weighted by Crippen LogP contribution is 2.15. The van der Waals surface area contributed by atoms with Crippen molar-refractivity contribution in [1.29, 1.82) is 0 Å². The predicted molar refractivity (Wildman–Crippen MR) is 67.2 cm³/mol. The van der Waals surface area contributed by atoms with E-state index in [2.05, 4.69) is 20.8 Å². The van der Waals surface area contributed by atoms with Gasteiger partial charge in [0.05, 0.1) is 12.1 Å². The number of aryl methyl sites for hydroxylation is 1. The molecular formula is C10H18N4O2S. The standard InChI is InChI=1S/C10H18N4O2S/c1-4-7-13-14-9(17-7)11-8(16)12-10(3,5-2)6-15/h15H,4-6H2,1-3H3,(H2,11,12,14,16). The van der Waals surface area contributed by atoms with Gasteiger partial charge < -0.3 is 10.4 Å². The van der Waals surface area contributed by atoms with Gasteiger partial charge in [-0.05, 0) is 19.8 Å². The molecule has 1 rings (SSSR count). The van der Waals surface area contributed by atoms with E-state index in [0.29, 0.717) is 11.6 Å². The lowest BCUT2D eigenvalue weighted by atomic mass is 10.0. The van der Waals surface area contributed by atoms with Crippen LogP contribution in [-0.2, 0) is 6.42 Å². The number of urea groups is 1. The largest absolute Gasteiger partial charge is 0.394 e. The first-order valence-electron chi connectivity index (χ1n) is 5.55. The van der Waals surface area contributed by atoms with E-state index in [1.54, 1.807) is 6.92 Å². The summed E-state index contributed by atoms with van der Waals surface area (Å²) >= 11 is 1.35. The van der Waals surface area contributed by atoms with E-state index >= 15 is 0 Å². The Balaban J connectivity index is 2.55. The van der Waals surface area contributed by atoms with Crippen molar-refractivity contribution in [3.8, 4) is 0 Å². The summed E-state index contributed by atoms with van der Waals surface area (Å²) in [6.07, 6.45) is 1.44. The molecular weight excluding hydrogens is 240 g/mol. The molecule has 1 unspecified atom stereocenters. The molecule has 1 aromatic rings. The van der Waals surface area contributed by atoms with Gasteiger partial charge in [-0.25, -0.2) is 4.79 Å². The third kappa shape index (κ3) is 3.94. The number of carbonyl (C=O) groups is 1. The minimum Gasteiger partial charge on any atom is -0.394 e. The summed E-state index contributed by atoms with van der Waals surface area (Å²) in [6, 6.07) is -0.373. The van der Waals surface area contributed by atoms with E-state index in [0.717, 1.165) is 11.4 Å². The summed E-state index contributed by atoms with van der Waals surface area (Å²) in [5, 5.41) is 23.6. The number of nitrogens with zero attached hydrogens (tertiary/aromatic N) is 2. The predicted octanol–water partition coefficient (Wildman–Crippen LogP) is 1.38. The van der Waals surface area contributed by atoms with E-state index in [-0.39, 0.29) is 12.6 Å². The van der Waals surface area contributed by atoms with Crippen LogP contribution in [0.4, 0.5) is 9.93 Å². The number of rotatable bonds is 5. The SMILES string of the molecule is CCc1nnc(NC(=O)NC(C)(CC)CO)s1. The second-order valence-electron chi connectivity index (χ2n) is 4.01. The van der Waals surface area contributed by atoms with Crippen LogP contribution in [0.25, 0.3) is 0 Å². The molecule has 0 saturated carbocycles. The van der Waals surface area contributed by atoms with Gasteiger partial charge in [0.15, 0.2) is 0 Å². The number of aromatic nitrogens is 2. The van der Waals surface area contributed by atoms with Crippen LogP contribution in [0.2, 0.25) is 0 Å². The summed E-state index contributed by atoms with van der Waals surface area (Å²) in [4.78, 5) is 11.6. The van der Waals surface area contributed by atoms with Crippen LogP contribution in [0.1, 0.15) is 32.2 Å².